The number of pyridine rings is 1. The highest BCUT2D eigenvalue weighted by atomic mass is 28.3. The van der Waals surface area contributed by atoms with Crippen LogP contribution in [-0.4, -0.2) is 52.0 Å². The van der Waals surface area contributed by atoms with Gasteiger partial charge < -0.3 is 18.9 Å². The van der Waals surface area contributed by atoms with Gasteiger partial charge in [0.15, 0.2) is 11.5 Å². The summed E-state index contributed by atoms with van der Waals surface area (Å²) in [7, 11) is -0.0875. The van der Waals surface area contributed by atoms with Crippen molar-refractivity contribution in [3.05, 3.63) is 89.2 Å². The van der Waals surface area contributed by atoms with Crippen molar-refractivity contribution in [1.82, 2.24) is 4.98 Å². The molecule has 252 valence electrons. The summed E-state index contributed by atoms with van der Waals surface area (Å²) in [6.45, 7) is 4.90. The number of ether oxygens (including phenoxy) is 4. The van der Waals surface area contributed by atoms with Crippen molar-refractivity contribution in [3.8, 4) is 11.5 Å². The summed E-state index contributed by atoms with van der Waals surface area (Å²) in [4.78, 5) is 4.05. The van der Waals surface area contributed by atoms with Crippen LogP contribution in [0.25, 0.3) is 0 Å². The molecular weight excluding hydrogens is 628 g/mol. The lowest BCUT2D eigenvalue weighted by Gasteiger charge is -2.37. The van der Waals surface area contributed by atoms with Gasteiger partial charge in [-0.25, -0.2) is 0 Å². The van der Waals surface area contributed by atoms with Crippen molar-refractivity contribution in [1.29, 1.82) is 0 Å². The van der Waals surface area contributed by atoms with Crippen LogP contribution in [0.15, 0.2) is 67.0 Å². The maximum Gasteiger partial charge on any atom is 0.430 e. The van der Waals surface area contributed by atoms with Gasteiger partial charge in [0, 0.05) is 38.6 Å². The maximum absolute atomic E-state index is 14.4. The SMILES string of the molecule is COc1ccc(C(Cc2ccncc2)c2ccc(C(OCOCC[Si](C)(C)C)(C(F)(F)F)C(F)(F)F)cc2)cc1OC1CCCC1. The van der Waals surface area contributed by atoms with Crippen molar-refractivity contribution in [2.24, 2.45) is 0 Å². The van der Waals surface area contributed by atoms with Gasteiger partial charge in [-0.1, -0.05) is 50.0 Å². The first-order chi connectivity index (χ1) is 21.6. The lowest BCUT2D eigenvalue weighted by Crippen LogP contribution is -2.56. The number of aromatic nitrogens is 1. The molecule has 2 aromatic carbocycles. The maximum atomic E-state index is 14.4. The highest BCUT2D eigenvalue weighted by Gasteiger charge is 2.73. The Morgan fingerprint density at radius 1 is 0.826 bits per heavy atom. The summed E-state index contributed by atoms with van der Waals surface area (Å²) in [6, 6.07) is 13.9. The van der Waals surface area contributed by atoms with Crippen LogP contribution in [0.2, 0.25) is 25.7 Å². The minimum absolute atomic E-state index is 0.00541. The van der Waals surface area contributed by atoms with Crippen LogP contribution in [0.3, 0.4) is 0 Å². The summed E-state index contributed by atoms with van der Waals surface area (Å²) in [5, 5.41) is 0. The minimum atomic E-state index is -5.81. The molecule has 1 aliphatic carbocycles. The molecule has 1 aliphatic rings. The number of nitrogens with zero attached hydrogens (tertiary/aromatic N) is 1. The Kier molecular flexibility index (Phi) is 11.5. The van der Waals surface area contributed by atoms with Crippen LogP contribution in [0.4, 0.5) is 26.3 Å². The average Bonchev–Trinajstić information content (AvgIpc) is 3.50. The summed E-state index contributed by atoms with van der Waals surface area (Å²) < 4.78 is 108. The number of hydrogen-bond donors (Lipinski definition) is 0. The first-order valence-corrected chi connectivity index (χ1v) is 19.0. The van der Waals surface area contributed by atoms with Gasteiger partial charge in [0.1, 0.15) is 6.79 Å². The summed E-state index contributed by atoms with van der Waals surface area (Å²) in [5.74, 6) is 0.641. The standard InChI is InChI=1S/C34H41F6NO4Si/c1-42-30-14-11-26(22-31(30)45-28-7-5-6-8-28)29(21-24-15-17-41-18-16-24)25-9-12-27(13-10-25)32(33(35,36)37,34(38,39)40)44-23-43-19-20-46(2,3)4/h9-18,22,28-29H,5-8,19-21,23H2,1-4H3. The first-order valence-electron chi connectivity index (χ1n) is 15.3. The van der Waals surface area contributed by atoms with Gasteiger partial charge in [0.05, 0.1) is 13.2 Å². The van der Waals surface area contributed by atoms with Crippen LogP contribution in [0, 0.1) is 0 Å². The van der Waals surface area contributed by atoms with Crippen molar-refractivity contribution in [3.63, 3.8) is 0 Å². The Morgan fingerprint density at radius 2 is 1.43 bits per heavy atom. The van der Waals surface area contributed by atoms with Gasteiger partial charge >= 0.3 is 12.4 Å². The van der Waals surface area contributed by atoms with Gasteiger partial charge in [-0.2, -0.15) is 26.3 Å². The molecule has 1 unspecified atom stereocenters. The Hall–Kier alpha value is -3.09. The molecule has 0 spiro atoms. The molecule has 0 N–H and O–H groups in total. The van der Waals surface area contributed by atoms with Crippen molar-refractivity contribution < 1.29 is 45.3 Å². The second-order valence-electron chi connectivity index (χ2n) is 12.8. The highest BCUT2D eigenvalue weighted by molar-refractivity contribution is 6.76. The molecule has 0 radical (unpaired) electrons. The largest absolute Gasteiger partial charge is 0.493 e. The lowest BCUT2D eigenvalue weighted by atomic mass is 9.84. The van der Waals surface area contributed by atoms with E-state index < -0.39 is 44.3 Å². The van der Waals surface area contributed by atoms with Gasteiger partial charge in [0.25, 0.3) is 5.60 Å². The van der Waals surface area contributed by atoms with Crippen molar-refractivity contribution in [2.45, 2.75) is 87.8 Å². The number of hydrogen-bond acceptors (Lipinski definition) is 5. The molecular formula is C34H41F6NO4Si. The Morgan fingerprint density at radius 3 is 2.00 bits per heavy atom. The molecule has 1 saturated carbocycles. The molecule has 4 rings (SSSR count). The minimum Gasteiger partial charge on any atom is -0.493 e. The normalized spacial score (nSPS) is 15.6. The van der Waals surface area contributed by atoms with Gasteiger partial charge in [-0.3, -0.25) is 4.98 Å². The molecule has 1 fully saturated rings. The Balaban J connectivity index is 1.71. The van der Waals surface area contributed by atoms with Crippen molar-refractivity contribution >= 4 is 8.07 Å². The highest BCUT2D eigenvalue weighted by Crippen LogP contribution is 2.53. The first kappa shape index (κ1) is 35.8. The molecule has 1 aromatic heterocycles. The third-order valence-electron chi connectivity index (χ3n) is 8.25. The van der Waals surface area contributed by atoms with E-state index in [4.69, 9.17) is 14.2 Å². The predicted octanol–water partition coefficient (Wildman–Crippen LogP) is 9.43. The lowest BCUT2D eigenvalue weighted by molar-refractivity contribution is -0.401. The molecule has 46 heavy (non-hydrogen) atoms. The van der Waals surface area contributed by atoms with Crippen LogP contribution < -0.4 is 9.47 Å². The number of halogens is 6. The second kappa shape index (κ2) is 14.8. The molecule has 0 bridgehead atoms. The molecule has 1 atom stereocenters. The Bertz CT molecular complexity index is 1370. The molecule has 12 heteroatoms. The summed E-state index contributed by atoms with van der Waals surface area (Å²) in [5.41, 5.74) is -3.48. The summed E-state index contributed by atoms with van der Waals surface area (Å²) >= 11 is 0. The third-order valence-corrected chi connectivity index (χ3v) is 9.95. The molecule has 1 heterocycles. The van der Waals surface area contributed by atoms with Gasteiger partial charge in [-0.05, 0) is 79.1 Å². The van der Waals surface area contributed by atoms with E-state index >= 15 is 0 Å². The van der Waals surface area contributed by atoms with Crippen LogP contribution >= 0.6 is 0 Å². The molecule has 5 nitrogen and oxygen atoms in total. The fourth-order valence-electron chi connectivity index (χ4n) is 5.62. The zero-order valence-corrected chi connectivity index (χ0v) is 27.5. The van der Waals surface area contributed by atoms with E-state index in [2.05, 4.69) is 9.72 Å². The van der Waals surface area contributed by atoms with E-state index in [1.807, 2.05) is 43.9 Å². The van der Waals surface area contributed by atoms with Crippen LogP contribution in [0.5, 0.6) is 11.5 Å². The quantitative estimate of drug-likeness (QED) is 0.0741. The van der Waals surface area contributed by atoms with E-state index in [-0.39, 0.29) is 12.7 Å². The average molecular weight is 670 g/mol. The second-order valence-corrected chi connectivity index (χ2v) is 18.4. The zero-order chi connectivity index (χ0) is 33.6. The predicted molar refractivity (Wildman–Crippen MR) is 166 cm³/mol. The van der Waals surface area contributed by atoms with Crippen LogP contribution in [-0.2, 0) is 21.5 Å². The number of benzene rings is 2. The van der Waals surface area contributed by atoms with Gasteiger partial charge in [0.2, 0.25) is 0 Å². The third kappa shape index (κ3) is 8.63. The zero-order valence-electron chi connectivity index (χ0n) is 26.5. The fraction of sp³-hybridized carbons (Fsp3) is 0.500. The van der Waals surface area contributed by atoms with Gasteiger partial charge in [-0.15, -0.1) is 0 Å². The molecule has 3 aromatic rings. The van der Waals surface area contributed by atoms with E-state index in [1.165, 1.54) is 19.2 Å². The number of alkyl halides is 6. The number of rotatable bonds is 14. The van der Waals surface area contributed by atoms with E-state index in [0.29, 0.717) is 29.5 Å². The van der Waals surface area contributed by atoms with E-state index in [9.17, 15) is 26.3 Å². The molecule has 0 aliphatic heterocycles. The smallest absolute Gasteiger partial charge is 0.430 e. The topological polar surface area (TPSA) is 49.8 Å². The van der Waals surface area contributed by atoms with E-state index in [1.54, 1.807) is 18.5 Å². The van der Waals surface area contributed by atoms with Crippen LogP contribution in [0.1, 0.15) is 53.9 Å². The molecule has 0 amide bonds. The van der Waals surface area contributed by atoms with Crippen molar-refractivity contribution in [2.75, 3.05) is 20.5 Å². The number of methoxy groups -OCH3 is 1. The van der Waals surface area contributed by atoms with E-state index in [0.717, 1.165) is 48.9 Å². The summed E-state index contributed by atoms with van der Waals surface area (Å²) in [6.07, 6.45) is -3.96. The molecule has 0 saturated heterocycles. The Labute approximate surface area is 267 Å². The monoisotopic (exact) mass is 669 g/mol. The fourth-order valence-corrected chi connectivity index (χ4v) is 6.38.